The smallest absolute Gasteiger partial charge is 0.0702 e. The van der Waals surface area contributed by atoms with Gasteiger partial charge in [0.25, 0.3) is 0 Å². The molecule has 0 spiro atoms. The maximum atomic E-state index is 4.62. The highest BCUT2D eigenvalue weighted by Crippen LogP contribution is 2.45. The highest BCUT2D eigenvalue weighted by molar-refractivity contribution is 6.23. The molecule has 0 unspecified atom stereocenters. The number of hydrogen-bond acceptors (Lipinski definition) is 1. The van der Waals surface area contributed by atoms with Crippen molar-refractivity contribution in [1.29, 1.82) is 0 Å². The minimum Gasteiger partial charge on any atom is -0.309 e. The van der Waals surface area contributed by atoms with Crippen molar-refractivity contribution in [2.45, 2.75) is 0 Å². The average molecular weight is 623 g/mol. The van der Waals surface area contributed by atoms with Crippen LogP contribution >= 0.6 is 0 Å². The van der Waals surface area contributed by atoms with Gasteiger partial charge in [0.05, 0.1) is 16.7 Å². The van der Waals surface area contributed by atoms with Crippen LogP contribution in [-0.2, 0) is 0 Å². The lowest BCUT2D eigenvalue weighted by Gasteiger charge is -2.18. The number of para-hydroxylation sites is 1. The molecule has 0 bridgehead atoms. The Labute approximate surface area is 284 Å². The Kier molecular flexibility index (Phi) is 6.22. The molecule has 10 rings (SSSR count). The van der Waals surface area contributed by atoms with E-state index < -0.39 is 0 Å². The van der Waals surface area contributed by atoms with Crippen molar-refractivity contribution in [2.24, 2.45) is 0 Å². The monoisotopic (exact) mass is 622 g/mol. The van der Waals surface area contributed by atoms with Gasteiger partial charge in [-0.3, -0.25) is 4.98 Å². The van der Waals surface area contributed by atoms with E-state index in [1.807, 2.05) is 18.3 Å². The SMILES string of the molecule is c1ccc(-c2c3ccccc3c(-c3ccc4c5ccc6cc(-c7ccccn7)ccc6c5n(-c5ccccc5)c4c3)c3ccccc23)cc1. The van der Waals surface area contributed by atoms with E-state index in [2.05, 4.69) is 173 Å². The van der Waals surface area contributed by atoms with Crippen molar-refractivity contribution in [3.05, 3.63) is 182 Å². The molecule has 0 aliphatic heterocycles. The van der Waals surface area contributed by atoms with Crippen LogP contribution in [0.5, 0.6) is 0 Å². The van der Waals surface area contributed by atoms with Gasteiger partial charge in [-0.2, -0.15) is 0 Å². The molecule has 0 aliphatic rings. The third-order valence-corrected chi connectivity index (χ3v) is 10.0. The number of aromatic nitrogens is 2. The normalized spacial score (nSPS) is 11.7. The number of benzene rings is 8. The van der Waals surface area contributed by atoms with Crippen LogP contribution in [0.2, 0.25) is 0 Å². The molecule has 2 aromatic heterocycles. The number of rotatable bonds is 4. The third-order valence-electron chi connectivity index (χ3n) is 10.0. The molecule has 2 heterocycles. The fourth-order valence-corrected chi connectivity index (χ4v) is 7.89. The zero-order valence-electron chi connectivity index (χ0n) is 26.7. The van der Waals surface area contributed by atoms with Gasteiger partial charge in [-0.1, -0.05) is 140 Å². The van der Waals surface area contributed by atoms with Crippen LogP contribution in [0.3, 0.4) is 0 Å². The summed E-state index contributed by atoms with van der Waals surface area (Å²) in [4.78, 5) is 4.62. The molecule has 0 saturated carbocycles. The highest BCUT2D eigenvalue weighted by atomic mass is 15.0. The largest absolute Gasteiger partial charge is 0.309 e. The van der Waals surface area contributed by atoms with Gasteiger partial charge in [0.2, 0.25) is 0 Å². The first kappa shape index (κ1) is 27.6. The van der Waals surface area contributed by atoms with Crippen LogP contribution in [0.25, 0.3) is 93.3 Å². The molecule has 0 aliphatic carbocycles. The van der Waals surface area contributed by atoms with Crippen LogP contribution in [0.1, 0.15) is 0 Å². The van der Waals surface area contributed by atoms with Crippen molar-refractivity contribution < 1.29 is 0 Å². The predicted octanol–water partition coefficient (Wildman–Crippen LogP) is 12.6. The Morgan fingerprint density at radius 1 is 0.367 bits per heavy atom. The lowest BCUT2D eigenvalue weighted by molar-refractivity contribution is 1.19. The molecule has 228 valence electrons. The van der Waals surface area contributed by atoms with Crippen LogP contribution in [0, 0.1) is 0 Å². The molecule has 10 aromatic rings. The van der Waals surface area contributed by atoms with Crippen LogP contribution < -0.4 is 0 Å². The first-order chi connectivity index (χ1) is 24.3. The van der Waals surface area contributed by atoms with Crippen molar-refractivity contribution >= 4 is 54.1 Å². The fourth-order valence-electron chi connectivity index (χ4n) is 7.89. The first-order valence-corrected chi connectivity index (χ1v) is 16.8. The van der Waals surface area contributed by atoms with Crippen molar-refractivity contribution in [2.75, 3.05) is 0 Å². The molecule has 2 heteroatoms. The number of nitrogens with zero attached hydrogens (tertiary/aromatic N) is 2. The van der Waals surface area contributed by atoms with Crippen molar-refractivity contribution in [1.82, 2.24) is 9.55 Å². The Bertz CT molecular complexity index is 2790. The minimum absolute atomic E-state index is 0.982. The number of pyridine rings is 1. The summed E-state index contributed by atoms with van der Waals surface area (Å²) in [7, 11) is 0. The summed E-state index contributed by atoms with van der Waals surface area (Å²) in [6.45, 7) is 0. The first-order valence-electron chi connectivity index (χ1n) is 16.8. The van der Waals surface area contributed by atoms with Gasteiger partial charge >= 0.3 is 0 Å². The van der Waals surface area contributed by atoms with Crippen molar-refractivity contribution in [3.63, 3.8) is 0 Å². The summed E-state index contributed by atoms with van der Waals surface area (Å²) in [6.07, 6.45) is 1.86. The molecule has 0 N–H and O–H groups in total. The third kappa shape index (κ3) is 4.31. The van der Waals surface area contributed by atoms with Gasteiger partial charge in [0.1, 0.15) is 0 Å². The summed E-state index contributed by atoms with van der Waals surface area (Å²) >= 11 is 0. The second-order valence-corrected chi connectivity index (χ2v) is 12.7. The molecule has 0 fully saturated rings. The summed E-state index contributed by atoms with van der Waals surface area (Å²) in [5, 5.41) is 9.96. The predicted molar refractivity (Wildman–Crippen MR) is 207 cm³/mol. The Balaban J connectivity index is 1.29. The molecule has 0 amide bonds. The Morgan fingerprint density at radius 3 is 1.61 bits per heavy atom. The van der Waals surface area contributed by atoms with Crippen molar-refractivity contribution in [3.8, 4) is 39.2 Å². The second kappa shape index (κ2) is 11.0. The van der Waals surface area contributed by atoms with E-state index in [-0.39, 0.29) is 0 Å². The average Bonchev–Trinajstić information content (AvgIpc) is 3.51. The van der Waals surface area contributed by atoms with Crippen LogP contribution in [0.4, 0.5) is 0 Å². The molecular formula is C47H30N2. The van der Waals surface area contributed by atoms with Gasteiger partial charge in [-0.25, -0.2) is 0 Å². The van der Waals surface area contributed by atoms with Crippen LogP contribution in [0.15, 0.2) is 182 Å². The number of fused-ring (bicyclic) bond motifs is 7. The zero-order valence-corrected chi connectivity index (χ0v) is 26.7. The minimum atomic E-state index is 0.982. The van der Waals surface area contributed by atoms with Gasteiger partial charge < -0.3 is 4.57 Å². The van der Waals surface area contributed by atoms with Gasteiger partial charge in [-0.05, 0) is 85.6 Å². The molecule has 8 aromatic carbocycles. The maximum Gasteiger partial charge on any atom is 0.0702 e. The van der Waals surface area contributed by atoms with E-state index in [4.69, 9.17) is 0 Å². The number of hydrogen-bond donors (Lipinski definition) is 0. The molecular weight excluding hydrogens is 593 g/mol. The van der Waals surface area contributed by atoms with Crippen LogP contribution in [-0.4, -0.2) is 9.55 Å². The zero-order chi connectivity index (χ0) is 32.3. The Morgan fingerprint density at radius 2 is 0.939 bits per heavy atom. The molecule has 49 heavy (non-hydrogen) atoms. The van der Waals surface area contributed by atoms with E-state index in [0.29, 0.717) is 0 Å². The van der Waals surface area contributed by atoms with E-state index in [0.717, 1.165) is 16.9 Å². The summed E-state index contributed by atoms with van der Waals surface area (Å²) in [5.74, 6) is 0. The molecule has 0 radical (unpaired) electrons. The summed E-state index contributed by atoms with van der Waals surface area (Å²) in [6, 6.07) is 63.8. The van der Waals surface area contributed by atoms with Gasteiger partial charge in [0, 0.05) is 33.6 Å². The lowest BCUT2D eigenvalue weighted by Crippen LogP contribution is -1.95. The fraction of sp³-hybridized carbons (Fsp3) is 0. The topological polar surface area (TPSA) is 17.8 Å². The van der Waals surface area contributed by atoms with Gasteiger partial charge in [-0.15, -0.1) is 0 Å². The standard InChI is InChI=1S/C47H30N2/c1-3-13-31(14-4-1)45-38-17-7-9-19-40(38)46(41-20-10-8-18-39(41)45)34-24-26-37-42-27-22-32-29-33(43-21-11-12-28-48-43)23-25-36(32)47(42)49(44(37)30-34)35-15-5-2-6-16-35/h1-30H. The Hall–Kier alpha value is -6.51. The summed E-state index contributed by atoms with van der Waals surface area (Å²) < 4.78 is 2.46. The van der Waals surface area contributed by atoms with E-state index in [1.54, 1.807) is 0 Å². The molecule has 2 nitrogen and oxygen atoms in total. The molecule has 0 atom stereocenters. The lowest BCUT2D eigenvalue weighted by atomic mass is 9.86. The van der Waals surface area contributed by atoms with E-state index in [1.165, 1.54) is 76.4 Å². The summed E-state index contributed by atoms with van der Waals surface area (Å²) in [5.41, 5.74) is 10.7. The second-order valence-electron chi connectivity index (χ2n) is 12.7. The quantitative estimate of drug-likeness (QED) is 0.179. The van der Waals surface area contributed by atoms with E-state index in [9.17, 15) is 0 Å². The van der Waals surface area contributed by atoms with Gasteiger partial charge in [0.15, 0.2) is 0 Å². The highest BCUT2D eigenvalue weighted by Gasteiger charge is 2.20. The van der Waals surface area contributed by atoms with E-state index >= 15 is 0 Å². The maximum absolute atomic E-state index is 4.62. The molecule has 0 saturated heterocycles.